The molecule has 1 fully saturated rings. The molecule has 1 N–H and O–H groups in total. The van der Waals surface area contributed by atoms with Crippen LogP contribution < -0.4 is 5.32 Å². The predicted octanol–water partition coefficient (Wildman–Crippen LogP) is 3.06. The minimum Gasteiger partial charge on any atom is -0.335 e. The van der Waals surface area contributed by atoms with Gasteiger partial charge in [0.2, 0.25) is 5.91 Å². The summed E-state index contributed by atoms with van der Waals surface area (Å²) in [5.41, 5.74) is 0.900. The van der Waals surface area contributed by atoms with Crippen molar-refractivity contribution in [3.8, 4) is 0 Å². The molecule has 0 bridgehead atoms. The zero-order valence-electron chi connectivity index (χ0n) is 16.5. The fourth-order valence-corrected chi connectivity index (χ4v) is 4.14. The Bertz CT molecular complexity index is 919. The maximum atomic E-state index is 12.5. The number of anilines is 1. The topological polar surface area (TPSA) is 95.8 Å². The Labute approximate surface area is 173 Å². The van der Waals surface area contributed by atoms with Crippen LogP contribution >= 0.6 is 11.3 Å². The largest absolute Gasteiger partial charge is 0.335 e. The van der Waals surface area contributed by atoms with E-state index in [0.29, 0.717) is 37.3 Å². The molecule has 0 radical (unpaired) electrons. The first-order chi connectivity index (χ1) is 13.8. The summed E-state index contributed by atoms with van der Waals surface area (Å²) in [6, 6.07) is 8.47. The highest BCUT2D eigenvalue weighted by Crippen LogP contribution is 2.25. The number of amides is 2. The molecular formula is C20H24N4O4S. The molecule has 0 saturated carbocycles. The SMILES string of the molecule is Cc1ccc(C(=O)N2CCN(CCC(=O)Nc3cccc([N+](=O)[O-])c3C)CC2)s1. The standard InChI is InChI=1S/C20H24N4O4S/c1-14-6-7-18(29-14)20(26)23-12-10-22(11-13-23)9-8-19(25)21-16-4-3-5-17(15(16)2)24(27)28/h3-7H,8-13H2,1-2H3,(H,21,25). The van der Waals surface area contributed by atoms with E-state index in [1.54, 1.807) is 19.1 Å². The van der Waals surface area contributed by atoms with E-state index in [2.05, 4.69) is 10.2 Å². The van der Waals surface area contributed by atoms with E-state index in [9.17, 15) is 19.7 Å². The van der Waals surface area contributed by atoms with Gasteiger partial charge in [-0.3, -0.25) is 24.6 Å². The average Bonchev–Trinajstić information content (AvgIpc) is 3.14. The lowest BCUT2D eigenvalue weighted by molar-refractivity contribution is -0.385. The molecule has 29 heavy (non-hydrogen) atoms. The molecule has 0 unspecified atom stereocenters. The number of nitro groups is 1. The van der Waals surface area contributed by atoms with Crippen LogP contribution in [0.4, 0.5) is 11.4 Å². The molecule has 1 aliphatic rings. The number of hydrogen-bond donors (Lipinski definition) is 1. The van der Waals surface area contributed by atoms with E-state index < -0.39 is 4.92 Å². The molecule has 1 aromatic carbocycles. The van der Waals surface area contributed by atoms with Crippen LogP contribution in [-0.2, 0) is 4.79 Å². The summed E-state index contributed by atoms with van der Waals surface area (Å²) in [6.45, 7) is 6.92. The summed E-state index contributed by atoms with van der Waals surface area (Å²) in [6.07, 6.45) is 0.292. The van der Waals surface area contributed by atoms with Crippen LogP contribution in [0.5, 0.6) is 0 Å². The molecule has 9 heteroatoms. The fraction of sp³-hybridized carbons (Fsp3) is 0.400. The van der Waals surface area contributed by atoms with Gasteiger partial charge in [0.1, 0.15) is 0 Å². The van der Waals surface area contributed by atoms with Crippen molar-refractivity contribution in [1.82, 2.24) is 9.80 Å². The number of piperazine rings is 1. The van der Waals surface area contributed by atoms with Gasteiger partial charge in [-0.25, -0.2) is 0 Å². The summed E-state index contributed by atoms with van der Waals surface area (Å²) in [5, 5.41) is 13.8. The number of carbonyl (C=O) groups excluding carboxylic acids is 2. The number of hydrogen-bond acceptors (Lipinski definition) is 6. The van der Waals surface area contributed by atoms with Crippen molar-refractivity contribution in [3.63, 3.8) is 0 Å². The van der Waals surface area contributed by atoms with Crippen LogP contribution in [0, 0.1) is 24.0 Å². The number of nitrogens with zero attached hydrogens (tertiary/aromatic N) is 3. The molecule has 1 aliphatic heterocycles. The zero-order chi connectivity index (χ0) is 21.0. The van der Waals surface area contributed by atoms with E-state index in [1.807, 2.05) is 24.0 Å². The molecule has 154 valence electrons. The molecular weight excluding hydrogens is 392 g/mol. The van der Waals surface area contributed by atoms with Gasteiger partial charge in [-0.05, 0) is 32.0 Å². The van der Waals surface area contributed by atoms with Crippen LogP contribution in [-0.4, -0.2) is 59.3 Å². The third-order valence-electron chi connectivity index (χ3n) is 5.04. The molecule has 2 heterocycles. The first-order valence-electron chi connectivity index (χ1n) is 9.47. The van der Waals surface area contributed by atoms with Gasteiger partial charge in [0.15, 0.2) is 0 Å². The Morgan fingerprint density at radius 1 is 1.14 bits per heavy atom. The lowest BCUT2D eigenvalue weighted by Crippen LogP contribution is -2.49. The molecule has 0 atom stereocenters. The average molecular weight is 417 g/mol. The van der Waals surface area contributed by atoms with Gasteiger partial charge in [0.05, 0.1) is 21.1 Å². The van der Waals surface area contributed by atoms with Crippen molar-refractivity contribution in [2.45, 2.75) is 20.3 Å². The molecule has 3 rings (SSSR count). The minimum atomic E-state index is -0.455. The van der Waals surface area contributed by atoms with Crippen molar-refractivity contribution in [2.24, 2.45) is 0 Å². The lowest BCUT2D eigenvalue weighted by atomic mass is 10.1. The van der Waals surface area contributed by atoms with Gasteiger partial charge >= 0.3 is 0 Å². The number of thiophene rings is 1. The summed E-state index contributed by atoms with van der Waals surface area (Å²) in [4.78, 5) is 41.2. The number of nitro benzene ring substituents is 1. The molecule has 0 aliphatic carbocycles. The first kappa shape index (κ1) is 20.9. The number of rotatable bonds is 6. The number of carbonyl (C=O) groups is 2. The second-order valence-electron chi connectivity index (χ2n) is 7.05. The highest BCUT2D eigenvalue weighted by molar-refractivity contribution is 7.13. The fourth-order valence-electron chi connectivity index (χ4n) is 3.31. The Morgan fingerprint density at radius 2 is 1.86 bits per heavy atom. The van der Waals surface area contributed by atoms with Crippen molar-refractivity contribution in [1.29, 1.82) is 0 Å². The smallest absolute Gasteiger partial charge is 0.274 e. The second-order valence-corrected chi connectivity index (χ2v) is 8.34. The molecule has 1 saturated heterocycles. The van der Waals surface area contributed by atoms with Crippen LogP contribution in [0.3, 0.4) is 0 Å². The molecule has 8 nitrogen and oxygen atoms in total. The van der Waals surface area contributed by atoms with E-state index in [1.165, 1.54) is 17.4 Å². The Morgan fingerprint density at radius 3 is 2.48 bits per heavy atom. The van der Waals surface area contributed by atoms with Gasteiger partial charge in [0.25, 0.3) is 11.6 Å². The second kappa shape index (κ2) is 9.15. The summed E-state index contributed by atoms with van der Waals surface area (Å²) in [5.74, 6) is -0.109. The number of benzene rings is 1. The summed E-state index contributed by atoms with van der Waals surface area (Å²) >= 11 is 1.51. The first-order valence-corrected chi connectivity index (χ1v) is 10.3. The van der Waals surface area contributed by atoms with Crippen LogP contribution in [0.2, 0.25) is 0 Å². The molecule has 2 amide bonds. The van der Waals surface area contributed by atoms with E-state index in [0.717, 1.165) is 22.8 Å². The van der Waals surface area contributed by atoms with Crippen molar-refractivity contribution >= 4 is 34.5 Å². The summed E-state index contributed by atoms with van der Waals surface area (Å²) in [7, 11) is 0. The van der Waals surface area contributed by atoms with Crippen molar-refractivity contribution < 1.29 is 14.5 Å². The normalized spacial score (nSPS) is 14.6. The maximum absolute atomic E-state index is 12.5. The van der Waals surface area contributed by atoms with E-state index >= 15 is 0 Å². The van der Waals surface area contributed by atoms with Crippen LogP contribution in [0.25, 0.3) is 0 Å². The van der Waals surface area contributed by atoms with Gasteiger partial charge in [-0.2, -0.15) is 0 Å². The maximum Gasteiger partial charge on any atom is 0.274 e. The van der Waals surface area contributed by atoms with Gasteiger partial charge < -0.3 is 10.2 Å². The van der Waals surface area contributed by atoms with Crippen molar-refractivity contribution in [2.75, 3.05) is 38.0 Å². The lowest BCUT2D eigenvalue weighted by Gasteiger charge is -2.34. The third-order valence-corrected chi connectivity index (χ3v) is 6.03. The monoisotopic (exact) mass is 416 g/mol. The van der Waals surface area contributed by atoms with E-state index in [-0.39, 0.29) is 17.5 Å². The minimum absolute atomic E-state index is 0.00970. The quantitative estimate of drug-likeness (QED) is 0.577. The van der Waals surface area contributed by atoms with E-state index in [4.69, 9.17) is 0 Å². The molecule has 0 spiro atoms. The number of nitrogens with one attached hydrogen (secondary N) is 1. The highest BCUT2D eigenvalue weighted by Gasteiger charge is 2.23. The predicted molar refractivity (Wildman–Crippen MR) is 112 cm³/mol. The summed E-state index contributed by atoms with van der Waals surface area (Å²) < 4.78 is 0. The van der Waals surface area contributed by atoms with Crippen LogP contribution in [0.1, 0.15) is 26.5 Å². The Kier molecular flexibility index (Phi) is 6.60. The van der Waals surface area contributed by atoms with Crippen molar-refractivity contribution in [3.05, 3.63) is 55.8 Å². The zero-order valence-corrected chi connectivity index (χ0v) is 17.3. The van der Waals surface area contributed by atoms with Gasteiger partial charge in [0, 0.05) is 50.1 Å². The molecule has 1 aromatic heterocycles. The highest BCUT2D eigenvalue weighted by atomic mass is 32.1. The Hall–Kier alpha value is -2.78. The van der Waals surface area contributed by atoms with Gasteiger partial charge in [-0.15, -0.1) is 11.3 Å². The Balaban J connectivity index is 1.46. The third kappa shape index (κ3) is 5.18. The van der Waals surface area contributed by atoms with Gasteiger partial charge in [-0.1, -0.05) is 6.07 Å². The molecule has 2 aromatic rings. The number of aryl methyl sites for hydroxylation is 1. The van der Waals surface area contributed by atoms with Crippen LogP contribution in [0.15, 0.2) is 30.3 Å².